The van der Waals surface area contributed by atoms with Crippen LogP contribution in [0.5, 0.6) is 0 Å². The highest BCUT2D eigenvalue weighted by Gasteiger charge is 2.17. The van der Waals surface area contributed by atoms with Crippen LogP contribution in [-0.4, -0.2) is 9.97 Å². The fraction of sp³-hybridized carbons (Fsp3) is 0. The van der Waals surface area contributed by atoms with E-state index in [0.717, 1.165) is 28.3 Å². The molecule has 0 aliphatic rings. The normalized spacial score (nSPS) is 10.9. The Morgan fingerprint density at radius 1 is 1.05 bits per heavy atom. The average molecular weight is 292 g/mol. The topological polar surface area (TPSA) is 41.8 Å². The number of hydrogen-bond acceptors (Lipinski definition) is 3. The zero-order valence-corrected chi connectivity index (χ0v) is 11.9. The molecule has 0 spiro atoms. The first-order chi connectivity index (χ1) is 10.4. The zero-order chi connectivity index (χ0) is 14.1. The first-order valence-corrected chi connectivity index (χ1v) is 7.52. The van der Waals surface area contributed by atoms with E-state index in [1.54, 1.807) is 17.6 Å². The lowest BCUT2D eigenvalue weighted by Gasteiger charge is -2.10. The van der Waals surface area contributed by atoms with Gasteiger partial charge in [-0.2, -0.15) is 0 Å². The molecule has 0 saturated carbocycles. The summed E-state index contributed by atoms with van der Waals surface area (Å²) in [5.74, 6) is 0.855. The van der Waals surface area contributed by atoms with Crippen LogP contribution in [0, 0.1) is 0 Å². The molecular formula is C17H12N2OS. The summed E-state index contributed by atoms with van der Waals surface area (Å²) in [5, 5.41) is 2.08. The summed E-state index contributed by atoms with van der Waals surface area (Å²) in [6.45, 7) is 0. The lowest BCUT2D eigenvalue weighted by molar-refractivity contribution is 0.582. The third kappa shape index (κ3) is 2.10. The quantitative estimate of drug-likeness (QED) is 0.573. The van der Waals surface area contributed by atoms with Gasteiger partial charge in [-0.05, 0) is 41.8 Å². The minimum atomic E-state index is 0.855. The van der Waals surface area contributed by atoms with E-state index in [9.17, 15) is 0 Å². The molecule has 0 atom stereocenters. The van der Waals surface area contributed by atoms with Gasteiger partial charge >= 0.3 is 0 Å². The van der Waals surface area contributed by atoms with Gasteiger partial charge in [0.2, 0.25) is 0 Å². The van der Waals surface area contributed by atoms with E-state index in [4.69, 9.17) is 4.42 Å². The number of furan rings is 1. The minimum Gasteiger partial charge on any atom is -0.464 e. The second-order valence-electron chi connectivity index (χ2n) is 4.62. The fourth-order valence-corrected chi connectivity index (χ4v) is 3.24. The zero-order valence-electron chi connectivity index (χ0n) is 11.1. The van der Waals surface area contributed by atoms with Crippen molar-refractivity contribution in [3.05, 3.63) is 66.5 Å². The van der Waals surface area contributed by atoms with Gasteiger partial charge < -0.3 is 9.40 Å². The second kappa shape index (κ2) is 5.07. The number of aromatic nitrogens is 2. The Hall–Kier alpha value is -2.59. The Kier molecular flexibility index (Phi) is 2.94. The smallest absolute Gasteiger partial charge is 0.134 e. The molecule has 0 aliphatic heterocycles. The van der Waals surface area contributed by atoms with Gasteiger partial charge in [-0.1, -0.05) is 6.07 Å². The van der Waals surface area contributed by atoms with Crippen LogP contribution < -0.4 is 0 Å². The van der Waals surface area contributed by atoms with E-state index in [1.165, 1.54) is 4.88 Å². The summed E-state index contributed by atoms with van der Waals surface area (Å²) in [5.41, 5.74) is 4.11. The van der Waals surface area contributed by atoms with Gasteiger partial charge in [0.25, 0.3) is 0 Å². The van der Waals surface area contributed by atoms with E-state index in [1.807, 2.05) is 42.7 Å². The number of rotatable bonds is 3. The largest absolute Gasteiger partial charge is 0.464 e. The highest BCUT2D eigenvalue weighted by Crippen LogP contribution is 2.40. The number of pyridine rings is 1. The Labute approximate surface area is 125 Å². The maximum Gasteiger partial charge on any atom is 0.134 e. The van der Waals surface area contributed by atoms with E-state index in [2.05, 4.69) is 27.5 Å². The van der Waals surface area contributed by atoms with Crippen molar-refractivity contribution in [2.75, 3.05) is 0 Å². The van der Waals surface area contributed by atoms with E-state index < -0.39 is 0 Å². The molecule has 3 nitrogen and oxygen atoms in total. The molecule has 1 N–H and O–H groups in total. The third-order valence-corrected chi connectivity index (χ3v) is 4.25. The number of nitrogens with zero attached hydrogens (tertiary/aromatic N) is 1. The van der Waals surface area contributed by atoms with Crippen molar-refractivity contribution in [3.8, 4) is 33.2 Å². The first-order valence-electron chi connectivity index (χ1n) is 6.64. The molecule has 4 rings (SSSR count). The van der Waals surface area contributed by atoms with Crippen LogP contribution in [-0.2, 0) is 0 Å². The van der Waals surface area contributed by atoms with Crippen LogP contribution >= 0.6 is 11.3 Å². The number of H-pyrrole nitrogens is 1. The number of thiophene rings is 1. The van der Waals surface area contributed by atoms with Crippen molar-refractivity contribution >= 4 is 11.3 Å². The summed E-state index contributed by atoms with van der Waals surface area (Å²) in [6, 6.07) is 14.1. The van der Waals surface area contributed by atoms with Crippen molar-refractivity contribution in [3.63, 3.8) is 0 Å². The van der Waals surface area contributed by atoms with Gasteiger partial charge in [0, 0.05) is 28.4 Å². The number of hydrogen-bond donors (Lipinski definition) is 1. The van der Waals surface area contributed by atoms with Crippen molar-refractivity contribution in [1.82, 2.24) is 9.97 Å². The van der Waals surface area contributed by atoms with Gasteiger partial charge in [0.05, 0.1) is 17.7 Å². The Bertz CT molecular complexity index is 779. The molecule has 21 heavy (non-hydrogen) atoms. The van der Waals surface area contributed by atoms with Crippen LogP contribution in [0.15, 0.2) is 70.9 Å². The monoisotopic (exact) mass is 292 g/mol. The summed E-state index contributed by atoms with van der Waals surface area (Å²) < 4.78 is 5.60. The highest BCUT2D eigenvalue weighted by molar-refractivity contribution is 7.13. The van der Waals surface area contributed by atoms with Gasteiger partial charge in [0.1, 0.15) is 5.76 Å². The van der Waals surface area contributed by atoms with E-state index in [-0.39, 0.29) is 0 Å². The summed E-state index contributed by atoms with van der Waals surface area (Å²) in [7, 11) is 0. The molecule has 0 radical (unpaired) electrons. The first kappa shape index (κ1) is 12.2. The van der Waals surface area contributed by atoms with Crippen molar-refractivity contribution in [2.24, 2.45) is 0 Å². The van der Waals surface area contributed by atoms with Gasteiger partial charge in [-0.15, -0.1) is 11.3 Å². The molecule has 0 aromatic carbocycles. The predicted octanol–water partition coefficient (Wildman–Crippen LogP) is 5.07. The molecule has 102 valence electrons. The highest BCUT2D eigenvalue weighted by atomic mass is 32.1. The van der Waals surface area contributed by atoms with Crippen LogP contribution in [0.3, 0.4) is 0 Å². The lowest BCUT2D eigenvalue weighted by Crippen LogP contribution is -1.91. The Morgan fingerprint density at radius 2 is 2.05 bits per heavy atom. The van der Waals surface area contributed by atoms with Gasteiger partial charge in [-0.3, -0.25) is 4.98 Å². The molecule has 0 unspecified atom stereocenters. The molecule has 4 aromatic heterocycles. The number of aromatic amines is 1. The van der Waals surface area contributed by atoms with Gasteiger partial charge in [0.15, 0.2) is 0 Å². The molecule has 0 aliphatic carbocycles. The summed E-state index contributed by atoms with van der Waals surface area (Å²) in [6.07, 6.45) is 5.43. The van der Waals surface area contributed by atoms with Crippen LogP contribution in [0.4, 0.5) is 0 Å². The molecule has 4 aromatic rings. The van der Waals surface area contributed by atoms with Crippen molar-refractivity contribution in [1.29, 1.82) is 0 Å². The Balaban J connectivity index is 2.03. The SMILES string of the molecule is c1c[nH]c(-c2nccc(-c3ccco3)c2-c2cccs2)c1. The van der Waals surface area contributed by atoms with Crippen molar-refractivity contribution < 1.29 is 4.42 Å². The van der Waals surface area contributed by atoms with E-state index >= 15 is 0 Å². The summed E-state index contributed by atoms with van der Waals surface area (Å²) in [4.78, 5) is 9.00. The standard InChI is InChI=1S/C17H12N2OS/c1-4-13(18-8-1)17-16(15-6-3-11-21-15)12(7-9-19-17)14-5-2-10-20-14/h1-11,18H. The Morgan fingerprint density at radius 3 is 2.76 bits per heavy atom. The maximum absolute atomic E-state index is 5.60. The van der Waals surface area contributed by atoms with Crippen LogP contribution in [0.1, 0.15) is 0 Å². The minimum absolute atomic E-state index is 0.855. The molecule has 0 saturated heterocycles. The van der Waals surface area contributed by atoms with E-state index in [0.29, 0.717) is 0 Å². The molecule has 0 bridgehead atoms. The predicted molar refractivity (Wildman–Crippen MR) is 85.0 cm³/mol. The fourth-order valence-electron chi connectivity index (χ4n) is 2.45. The third-order valence-electron chi connectivity index (χ3n) is 3.36. The van der Waals surface area contributed by atoms with Gasteiger partial charge in [-0.25, -0.2) is 0 Å². The van der Waals surface area contributed by atoms with Crippen molar-refractivity contribution in [2.45, 2.75) is 0 Å². The number of nitrogens with one attached hydrogen (secondary N) is 1. The summed E-state index contributed by atoms with van der Waals surface area (Å²) >= 11 is 1.70. The maximum atomic E-state index is 5.60. The molecule has 0 amide bonds. The average Bonchev–Trinajstić information content (AvgIpc) is 3.28. The van der Waals surface area contributed by atoms with Crippen LogP contribution in [0.25, 0.3) is 33.2 Å². The molecule has 4 heterocycles. The van der Waals surface area contributed by atoms with Crippen LogP contribution in [0.2, 0.25) is 0 Å². The lowest BCUT2D eigenvalue weighted by atomic mass is 10.0. The second-order valence-corrected chi connectivity index (χ2v) is 5.57. The molecule has 4 heteroatoms. The molecule has 0 fully saturated rings. The molecular weight excluding hydrogens is 280 g/mol.